The third kappa shape index (κ3) is 6.00. The van der Waals surface area contributed by atoms with Gasteiger partial charge in [-0.15, -0.1) is 0 Å². The van der Waals surface area contributed by atoms with E-state index in [4.69, 9.17) is 5.11 Å². The van der Waals surface area contributed by atoms with E-state index in [1.807, 2.05) is 13.0 Å². The van der Waals surface area contributed by atoms with Gasteiger partial charge in [0.05, 0.1) is 27.5 Å². The summed E-state index contributed by atoms with van der Waals surface area (Å²) in [5.74, 6) is -2.40. The van der Waals surface area contributed by atoms with Crippen LogP contribution in [0.25, 0.3) is 16.7 Å². The van der Waals surface area contributed by atoms with E-state index in [1.54, 1.807) is 35.4 Å². The zero-order chi connectivity index (χ0) is 29.3. The van der Waals surface area contributed by atoms with Crippen LogP contribution in [-0.2, 0) is 9.59 Å². The molecular formula is C30H27BrF2N4O4. The molecule has 0 unspecified atom stereocenters. The first kappa shape index (κ1) is 28.4. The van der Waals surface area contributed by atoms with Crippen LogP contribution >= 0.6 is 15.9 Å². The van der Waals surface area contributed by atoms with Crippen molar-refractivity contribution < 1.29 is 28.3 Å². The molecule has 212 valence electrons. The number of carbonyl (C=O) groups excluding carboxylic acids is 2. The molecule has 3 aromatic rings. The fourth-order valence-corrected chi connectivity index (χ4v) is 5.68. The zero-order valence-electron chi connectivity index (χ0n) is 22.1. The Labute approximate surface area is 243 Å². The minimum atomic E-state index is -1.22. The molecule has 0 aliphatic carbocycles. The van der Waals surface area contributed by atoms with E-state index >= 15 is 0 Å². The predicted octanol–water partition coefficient (Wildman–Crippen LogP) is 6.99. The van der Waals surface area contributed by atoms with E-state index in [1.165, 1.54) is 12.1 Å². The summed E-state index contributed by atoms with van der Waals surface area (Å²) in [7, 11) is 0. The standard InChI is InChI=1S/C30H27BrF2N4O4/c1-16-3-2-4-25(37-12-10-18(14-26(37)38)27-22(32)8-7-21(31)28(27)33)24-13-17(9-11-34-24)20-6-5-19(35-30(40)41)15-23(20)36-29(16)39/h5-9,11,13-16,25,35H,2-4,10,12H2,1H3,(H,36,39)(H,40,41)/t16-,25+/m1/s1. The second-order valence-electron chi connectivity index (χ2n) is 10.2. The molecule has 0 radical (unpaired) electrons. The third-order valence-electron chi connectivity index (χ3n) is 7.47. The molecule has 2 aliphatic heterocycles. The van der Waals surface area contributed by atoms with Crippen LogP contribution < -0.4 is 10.6 Å². The van der Waals surface area contributed by atoms with Crippen LogP contribution in [0, 0.1) is 17.6 Å². The number of nitrogens with one attached hydrogen (secondary N) is 2. The molecule has 11 heteroatoms. The van der Waals surface area contributed by atoms with Crippen LogP contribution in [-0.4, -0.2) is 39.4 Å². The van der Waals surface area contributed by atoms with Gasteiger partial charge < -0.3 is 15.3 Å². The lowest BCUT2D eigenvalue weighted by molar-refractivity contribution is -0.129. The average Bonchev–Trinajstić information content (AvgIpc) is 2.93. The Morgan fingerprint density at radius 3 is 2.71 bits per heavy atom. The minimum Gasteiger partial charge on any atom is -0.465 e. The molecule has 5 rings (SSSR count). The van der Waals surface area contributed by atoms with Gasteiger partial charge in [-0.2, -0.15) is 0 Å². The molecule has 8 nitrogen and oxygen atoms in total. The summed E-state index contributed by atoms with van der Waals surface area (Å²) in [5, 5.41) is 14.4. The molecule has 1 aromatic heterocycles. The maximum Gasteiger partial charge on any atom is 0.409 e. The highest BCUT2D eigenvalue weighted by Crippen LogP contribution is 2.38. The van der Waals surface area contributed by atoms with Crippen molar-refractivity contribution in [2.45, 2.75) is 38.6 Å². The second-order valence-corrected chi connectivity index (χ2v) is 11.0. The van der Waals surface area contributed by atoms with Crippen LogP contribution in [0.4, 0.5) is 25.0 Å². The quantitative estimate of drug-likeness (QED) is 0.272. The number of halogens is 3. The van der Waals surface area contributed by atoms with E-state index in [2.05, 4.69) is 31.5 Å². The Bertz CT molecular complexity index is 1580. The molecule has 3 amide bonds. The van der Waals surface area contributed by atoms with Crippen LogP contribution in [0.2, 0.25) is 0 Å². The Morgan fingerprint density at radius 2 is 1.95 bits per heavy atom. The Balaban J connectivity index is 1.53. The normalized spacial score (nSPS) is 19.3. The van der Waals surface area contributed by atoms with Gasteiger partial charge in [-0.1, -0.05) is 19.4 Å². The SMILES string of the molecule is C[C@@H]1CCC[C@H](N2CCC(c3c(F)ccc(Br)c3F)=CC2=O)c2cc(ccn2)-c2ccc(NC(=O)O)cc2NC1=O. The zero-order valence-corrected chi connectivity index (χ0v) is 23.7. The Kier molecular flexibility index (Phi) is 8.16. The Morgan fingerprint density at radius 1 is 1.15 bits per heavy atom. The summed E-state index contributed by atoms with van der Waals surface area (Å²) in [5.41, 5.74) is 2.87. The first-order valence-electron chi connectivity index (χ1n) is 13.2. The summed E-state index contributed by atoms with van der Waals surface area (Å²) >= 11 is 3.09. The Hall–Kier alpha value is -4.12. The van der Waals surface area contributed by atoms with Crippen molar-refractivity contribution in [3.05, 3.63) is 82.1 Å². The molecule has 0 fully saturated rings. The van der Waals surface area contributed by atoms with Crippen LogP contribution in [0.5, 0.6) is 0 Å². The number of benzene rings is 2. The first-order chi connectivity index (χ1) is 19.6. The fourth-order valence-electron chi connectivity index (χ4n) is 5.35. The summed E-state index contributed by atoms with van der Waals surface area (Å²) < 4.78 is 29.5. The van der Waals surface area contributed by atoms with E-state index in [-0.39, 0.29) is 40.7 Å². The van der Waals surface area contributed by atoms with Crippen molar-refractivity contribution in [3.8, 4) is 11.1 Å². The number of hydrogen-bond donors (Lipinski definition) is 3. The molecule has 0 saturated heterocycles. The highest BCUT2D eigenvalue weighted by Gasteiger charge is 2.31. The molecule has 2 aliphatic rings. The van der Waals surface area contributed by atoms with Gasteiger partial charge in [0.1, 0.15) is 11.6 Å². The van der Waals surface area contributed by atoms with E-state index < -0.39 is 23.8 Å². The van der Waals surface area contributed by atoms with Crippen molar-refractivity contribution in [1.29, 1.82) is 0 Å². The molecule has 3 heterocycles. The number of carbonyl (C=O) groups is 3. The maximum absolute atomic E-state index is 14.8. The summed E-state index contributed by atoms with van der Waals surface area (Å²) in [6.45, 7) is 2.05. The van der Waals surface area contributed by atoms with Gasteiger partial charge >= 0.3 is 6.09 Å². The van der Waals surface area contributed by atoms with E-state index in [0.29, 0.717) is 47.5 Å². The number of carboxylic acid groups (broad SMARTS) is 1. The van der Waals surface area contributed by atoms with E-state index in [9.17, 15) is 23.2 Å². The molecular weight excluding hydrogens is 598 g/mol. The highest BCUT2D eigenvalue weighted by atomic mass is 79.9. The lowest BCUT2D eigenvalue weighted by Crippen LogP contribution is -2.38. The summed E-state index contributed by atoms with van der Waals surface area (Å²) in [4.78, 5) is 43.9. The number of hydrogen-bond acceptors (Lipinski definition) is 4. The minimum absolute atomic E-state index is 0.120. The molecule has 0 spiro atoms. The van der Waals surface area contributed by atoms with Gasteiger partial charge in [-0.3, -0.25) is 19.9 Å². The van der Waals surface area contributed by atoms with Gasteiger partial charge in [-0.25, -0.2) is 13.6 Å². The number of amides is 3. The maximum atomic E-state index is 14.8. The predicted molar refractivity (Wildman–Crippen MR) is 154 cm³/mol. The van der Waals surface area contributed by atoms with Gasteiger partial charge in [0, 0.05) is 36.0 Å². The van der Waals surface area contributed by atoms with Crippen molar-refractivity contribution in [1.82, 2.24) is 9.88 Å². The van der Waals surface area contributed by atoms with Gasteiger partial charge in [0.25, 0.3) is 0 Å². The summed E-state index contributed by atoms with van der Waals surface area (Å²) in [6.07, 6.45) is 3.66. The van der Waals surface area contributed by atoms with Gasteiger partial charge in [-0.05, 0) is 82.7 Å². The number of fused-ring (bicyclic) bond motifs is 4. The molecule has 2 aromatic carbocycles. The van der Waals surface area contributed by atoms with Crippen LogP contribution in [0.15, 0.2) is 59.2 Å². The van der Waals surface area contributed by atoms with Crippen molar-refractivity contribution in [2.75, 3.05) is 17.2 Å². The molecule has 2 atom stereocenters. The topological polar surface area (TPSA) is 112 Å². The number of rotatable bonds is 3. The molecule has 41 heavy (non-hydrogen) atoms. The number of anilines is 2. The number of pyridine rings is 1. The van der Waals surface area contributed by atoms with Crippen LogP contribution in [0.1, 0.15) is 49.9 Å². The van der Waals surface area contributed by atoms with Gasteiger partial charge in [0.2, 0.25) is 11.8 Å². The monoisotopic (exact) mass is 624 g/mol. The second kappa shape index (κ2) is 11.8. The van der Waals surface area contributed by atoms with E-state index in [0.717, 1.165) is 11.6 Å². The van der Waals surface area contributed by atoms with Crippen molar-refractivity contribution >= 4 is 50.8 Å². The smallest absolute Gasteiger partial charge is 0.409 e. The van der Waals surface area contributed by atoms with Crippen molar-refractivity contribution in [2.24, 2.45) is 5.92 Å². The fraction of sp³-hybridized carbons (Fsp3) is 0.267. The highest BCUT2D eigenvalue weighted by molar-refractivity contribution is 9.10. The van der Waals surface area contributed by atoms with Crippen LogP contribution in [0.3, 0.4) is 0 Å². The first-order valence-corrected chi connectivity index (χ1v) is 14.0. The lowest BCUT2D eigenvalue weighted by Gasteiger charge is -2.34. The summed E-state index contributed by atoms with van der Waals surface area (Å²) in [6, 6.07) is 10.5. The lowest BCUT2D eigenvalue weighted by atomic mass is 9.92. The third-order valence-corrected chi connectivity index (χ3v) is 8.08. The number of nitrogens with zero attached hydrogens (tertiary/aromatic N) is 2. The molecule has 3 N–H and O–H groups in total. The average molecular weight is 625 g/mol. The molecule has 0 saturated carbocycles. The van der Waals surface area contributed by atoms with Gasteiger partial charge in [0.15, 0.2) is 0 Å². The van der Waals surface area contributed by atoms with Crippen molar-refractivity contribution in [3.63, 3.8) is 0 Å². The largest absolute Gasteiger partial charge is 0.465 e. The number of aromatic nitrogens is 1. The molecule has 2 bridgehead atoms.